The first-order chi connectivity index (χ1) is 7.58. The largest absolute Gasteiger partial charge is 0.397 e. The molecule has 1 aromatic rings. The number of benzene rings is 1. The number of halogens is 1. The monoisotopic (exact) mass is 304 g/mol. The summed E-state index contributed by atoms with van der Waals surface area (Å²) >= 11 is 5.01. The second-order valence-corrected chi connectivity index (χ2v) is 5.61. The van der Waals surface area contributed by atoms with Crippen LogP contribution in [0.2, 0.25) is 0 Å². The lowest BCUT2D eigenvalue weighted by atomic mass is 10.2. The van der Waals surface area contributed by atoms with Gasteiger partial charge in [-0.15, -0.1) is 0 Å². The molecule has 4 N–H and O–H groups in total. The number of rotatable bonds is 5. The normalized spacial score (nSPS) is 14.5. The average Bonchev–Trinajstić information content (AvgIpc) is 2.24. The Kier molecular flexibility index (Phi) is 5.44. The zero-order valence-electron chi connectivity index (χ0n) is 9.40. The quantitative estimate of drug-likeness (QED) is 0.732. The number of aliphatic hydroxyl groups is 1. The molecule has 0 aliphatic rings. The zero-order chi connectivity index (χ0) is 12.1. The minimum absolute atomic E-state index is 0.158. The van der Waals surface area contributed by atoms with Gasteiger partial charge in [0.1, 0.15) is 0 Å². The molecule has 90 valence electrons. The van der Waals surface area contributed by atoms with E-state index in [9.17, 15) is 5.11 Å². The fourth-order valence-electron chi connectivity index (χ4n) is 1.44. The van der Waals surface area contributed by atoms with Crippen molar-refractivity contribution in [1.29, 1.82) is 0 Å². The van der Waals surface area contributed by atoms with Gasteiger partial charge in [-0.2, -0.15) is 11.8 Å². The Bertz CT molecular complexity index is 345. The molecule has 5 heteroatoms. The summed E-state index contributed by atoms with van der Waals surface area (Å²) in [6, 6.07) is 5.91. The van der Waals surface area contributed by atoms with Gasteiger partial charge in [-0.25, -0.2) is 0 Å². The van der Waals surface area contributed by atoms with Crippen LogP contribution < -0.4 is 11.1 Å². The van der Waals surface area contributed by atoms with E-state index in [2.05, 4.69) is 21.2 Å². The molecular formula is C11H17BrN2OS. The number of hydrogen-bond acceptors (Lipinski definition) is 4. The van der Waals surface area contributed by atoms with Crippen molar-refractivity contribution in [2.24, 2.45) is 0 Å². The van der Waals surface area contributed by atoms with Gasteiger partial charge < -0.3 is 16.2 Å². The van der Waals surface area contributed by atoms with E-state index in [4.69, 9.17) is 5.73 Å². The molecule has 0 radical (unpaired) electrons. The number of thioether (sulfide) groups is 1. The van der Waals surface area contributed by atoms with Crippen LogP contribution in [0.15, 0.2) is 22.7 Å². The summed E-state index contributed by atoms with van der Waals surface area (Å²) in [6.07, 6.45) is 1.99. The molecule has 0 amide bonds. The maximum absolute atomic E-state index is 9.19. The third-order valence-electron chi connectivity index (χ3n) is 2.44. The fraction of sp³-hybridized carbons (Fsp3) is 0.455. The molecule has 0 fully saturated rings. The second kappa shape index (κ2) is 6.37. The number of aliphatic hydroxyl groups excluding tert-OH is 1. The summed E-state index contributed by atoms with van der Waals surface area (Å²) in [5.74, 6) is 0. The Morgan fingerprint density at radius 2 is 2.25 bits per heavy atom. The Balaban J connectivity index is 2.72. The number of nitrogens with two attached hydrogens (primary N) is 1. The molecule has 0 saturated heterocycles. The van der Waals surface area contributed by atoms with Crippen molar-refractivity contribution in [1.82, 2.24) is 0 Å². The van der Waals surface area contributed by atoms with Crippen LogP contribution in [0, 0.1) is 0 Å². The van der Waals surface area contributed by atoms with Gasteiger partial charge in [0.2, 0.25) is 0 Å². The molecule has 0 aliphatic carbocycles. The van der Waals surface area contributed by atoms with Gasteiger partial charge in [0, 0.05) is 15.8 Å². The number of nitrogens with one attached hydrogen (secondary N) is 1. The van der Waals surface area contributed by atoms with E-state index in [-0.39, 0.29) is 17.9 Å². The SMILES string of the molecule is CSC(CO)C(C)Nc1ccc(Br)cc1N. The second-order valence-electron chi connectivity index (χ2n) is 3.62. The van der Waals surface area contributed by atoms with Gasteiger partial charge in [-0.05, 0) is 31.4 Å². The van der Waals surface area contributed by atoms with Crippen molar-refractivity contribution < 1.29 is 5.11 Å². The van der Waals surface area contributed by atoms with Gasteiger partial charge in [0.15, 0.2) is 0 Å². The standard InChI is InChI=1S/C11H17BrN2OS/c1-7(11(6-15)16-2)14-10-4-3-8(12)5-9(10)13/h3-5,7,11,14-15H,6,13H2,1-2H3. The smallest absolute Gasteiger partial charge is 0.0577 e. The number of hydrogen-bond donors (Lipinski definition) is 3. The molecule has 3 nitrogen and oxygen atoms in total. The third kappa shape index (κ3) is 3.57. The van der Waals surface area contributed by atoms with E-state index in [1.807, 2.05) is 31.4 Å². The minimum atomic E-state index is 0.158. The van der Waals surface area contributed by atoms with Crippen LogP contribution in [0.25, 0.3) is 0 Å². The Morgan fingerprint density at radius 3 is 2.75 bits per heavy atom. The van der Waals surface area contributed by atoms with Crippen molar-refractivity contribution in [2.45, 2.75) is 18.2 Å². The van der Waals surface area contributed by atoms with Gasteiger partial charge in [0.05, 0.1) is 18.0 Å². The van der Waals surface area contributed by atoms with Crippen LogP contribution in [-0.4, -0.2) is 29.3 Å². The predicted molar refractivity (Wildman–Crippen MR) is 76.0 cm³/mol. The molecule has 0 saturated carbocycles. The van der Waals surface area contributed by atoms with Gasteiger partial charge in [0.25, 0.3) is 0 Å². The van der Waals surface area contributed by atoms with Crippen molar-refractivity contribution in [3.8, 4) is 0 Å². The molecule has 0 spiro atoms. The molecular weight excluding hydrogens is 288 g/mol. The first-order valence-corrected chi connectivity index (χ1v) is 7.11. The van der Waals surface area contributed by atoms with E-state index in [1.165, 1.54) is 0 Å². The predicted octanol–water partition coefficient (Wildman–Crippen LogP) is 2.56. The van der Waals surface area contributed by atoms with Crippen molar-refractivity contribution in [3.63, 3.8) is 0 Å². The molecule has 0 bridgehead atoms. The van der Waals surface area contributed by atoms with Gasteiger partial charge in [-0.1, -0.05) is 15.9 Å². The van der Waals surface area contributed by atoms with E-state index in [0.717, 1.165) is 10.2 Å². The molecule has 0 heterocycles. The van der Waals surface area contributed by atoms with E-state index in [0.29, 0.717) is 5.69 Å². The van der Waals surface area contributed by atoms with Crippen molar-refractivity contribution in [3.05, 3.63) is 22.7 Å². The summed E-state index contributed by atoms with van der Waals surface area (Å²) in [4.78, 5) is 0. The number of anilines is 2. The lowest BCUT2D eigenvalue weighted by Crippen LogP contribution is -2.31. The van der Waals surface area contributed by atoms with Crippen LogP contribution in [0.4, 0.5) is 11.4 Å². The summed E-state index contributed by atoms with van der Waals surface area (Å²) in [5, 5.41) is 12.7. The van der Waals surface area contributed by atoms with Crippen LogP contribution in [0.3, 0.4) is 0 Å². The van der Waals surface area contributed by atoms with Gasteiger partial charge in [-0.3, -0.25) is 0 Å². The highest BCUT2D eigenvalue weighted by Crippen LogP contribution is 2.25. The van der Waals surface area contributed by atoms with Crippen LogP contribution in [-0.2, 0) is 0 Å². The van der Waals surface area contributed by atoms with Crippen LogP contribution >= 0.6 is 27.7 Å². The summed E-state index contributed by atoms with van der Waals surface area (Å²) in [7, 11) is 0. The molecule has 2 unspecified atom stereocenters. The molecule has 1 aromatic carbocycles. The summed E-state index contributed by atoms with van der Waals surface area (Å²) < 4.78 is 0.965. The molecule has 0 aromatic heterocycles. The Labute approximate surface area is 109 Å². The average molecular weight is 305 g/mol. The molecule has 2 atom stereocenters. The van der Waals surface area contributed by atoms with E-state index >= 15 is 0 Å². The maximum Gasteiger partial charge on any atom is 0.0577 e. The summed E-state index contributed by atoms with van der Waals surface area (Å²) in [6.45, 7) is 2.20. The van der Waals surface area contributed by atoms with Crippen LogP contribution in [0.5, 0.6) is 0 Å². The zero-order valence-corrected chi connectivity index (χ0v) is 11.8. The maximum atomic E-state index is 9.19. The first kappa shape index (κ1) is 13.7. The van der Waals surface area contributed by atoms with E-state index in [1.54, 1.807) is 11.8 Å². The fourth-order valence-corrected chi connectivity index (χ4v) is 2.44. The first-order valence-electron chi connectivity index (χ1n) is 5.03. The highest BCUT2D eigenvalue weighted by atomic mass is 79.9. The third-order valence-corrected chi connectivity index (χ3v) is 4.09. The lowest BCUT2D eigenvalue weighted by Gasteiger charge is -2.23. The minimum Gasteiger partial charge on any atom is -0.397 e. The lowest BCUT2D eigenvalue weighted by molar-refractivity contribution is 0.288. The Hall–Kier alpha value is -0.390. The van der Waals surface area contributed by atoms with Crippen molar-refractivity contribution in [2.75, 3.05) is 23.9 Å². The van der Waals surface area contributed by atoms with Gasteiger partial charge >= 0.3 is 0 Å². The molecule has 16 heavy (non-hydrogen) atoms. The summed E-state index contributed by atoms with van der Waals surface area (Å²) in [5.41, 5.74) is 7.50. The Morgan fingerprint density at radius 1 is 1.56 bits per heavy atom. The van der Waals surface area contributed by atoms with E-state index < -0.39 is 0 Å². The highest BCUT2D eigenvalue weighted by Gasteiger charge is 2.15. The highest BCUT2D eigenvalue weighted by molar-refractivity contribution is 9.10. The number of nitrogen functional groups attached to an aromatic ring is 1. The molecule has 0 aliphatic heterocycles. The topological polar surface area (TPSA) is 58.3 Å². The van der Waals surface area contributed by atoms with Crippen LogP contribution in [0.1, 0.15) is 6.92 Å². The van der Waals surface area contributed by atoms with Crippen molar-refractivity contribution >= 4 is 39.1 Å². The molecule has 1 rings (SSSR count).